The molecule has 3 N–H and O–H groups in total. The first kappa shape index (κ1) is 15.6. The smallest absolute Gasteiger partial charge is 0.319 e. The van der Waals surface area contributed by atoms with E-state index in [1.165, 1.54) is 0 Å². The second-order valence-electron chi connectivity index (χ2n) is 4.75. The predicted molar refractivity (Wildman–Crippen MR) is 87.6 cm³/mol. The summed E-state index contributed by atoms with van der Waals surface area (Å²) < 4.78 is 0. The molecule has 0 aliphatic heterocycles. The van der Waals surface area contributed by atoms with E-state index < -0.39 is 0 Å². The van der Waals surface area contributed by atoms with Crippen molar-refractivity contribution in [1.29, 1.82) is 0 Å². The molecule has 0 aliphatic carbocycles. The molecule has 2 rings (SSSR count). The number of carbonyl (C=O) groups is 2. The molecule has 0 atom stereocenters. The third-order valence-corrected chi connectivity index (χ3v) is 3.12. The van der Waals surface area contributed by atoms with E-state index in [1.807, 2.05) is 54.6 Å². The largest absolute Gasteiger partial charge is 0.359 e. The summed E-state index contributed by atoms with van der Waals surface area (Å²) in [6.07, 6.45) is 1.34. The van der Waals surface area contributed by atoms with Gasteiger partial charge in [-0.2, -0.15) is 0 Å². The van der Waals surface area contributed by atoms with Crippen molar-refractivity contribution >= 4 is 18.1 Å². The number of amides is 3. The maximum absolute atomic E-state index is 11.7. The van der Waals surface area contributed by atoms with Crippen LogP contribution in [0, 0.1) is 0 Å². The molecule has 0 spiro atoms. The Morgan fingerprint density at radius 1 is 0.909 bits per heavy atom. The second-order valence-corrected chi connectivity index (χ2v) is 4.75. The van der Waals surface area contributed by atoms with Crippen LogP contribution in [0.1, 0.15) is 6.42 Å². The highest BCUT2D eigenvalue weighted by Gasteiger charge is 2.01. The van der Waals surface area contributed by atoms with Crippen LogP contribution in [0.2, 0.25) is 0 Å². The fourth-order valence-electron chi connectivity index (χ4n) is 2.00. The molecule has 2 aromatic rings. The molecule has 0 radical (unpaired) electrons. The molecule has 5 heteroatoms. The van der Waals surface area contributed by atoms with Crippen LogP contribution in [0.4, 0.5) is 10.5 Å². The number of hydrogen-bond acceptors (Lipinski definition) is 2. The van der Waals surface area contributed by atoms with Gasteiger partial charge in [0.15, 0.2) is 0 Å². The Balaban J connectivity index is 1.81. The Morgan fingerprint density at radius 2 is 1.59 bits per heavy atom. The Bertz CT molecular complexity index is 597. The minimum absolute atomic E-state index is 0.251. The van der Waals surface area contributed by atoms with Crippen molar-refractivity contribution in [2.45, 2.75) is 6.42 Å². The first-order valence-electron chi connectivity index (χ1n) is 7.17. The zero-order chi connectivity index (χ0) is 15.6. The van der Waals surface area contributed by atoms with Gasteiger partial charge in [0.1, 0.15) is 0 Å². The van der Waals surface area contributed by atoms with E-state index >= 15 is 0 Å². The fraction of sp³-hybridized carbons (Fsp3) is 0.176. The Kier molecular flexibility index (Phi) is 5.99. The molecule has 5 nitrogen and oxygen atoms in total. The quantitative estimate of drug-likeness (QED) is 0.543. The minimum atomic E-state index is -0.251. The van der Waals surface area contributed by atoms with E-state index in [2.05, 4.69) is 16.0 Å². The second kappa shape index (κ2) is 8.46. The van der Waals surface area contributed by atoms with Gasteiger partial charge in [0.05, 0.1) is 0 Å². The third-order valence-electron chi connectivity index (χ3n) is 3.12. The van der Waals surface area contributed by atoms with Crippen molar-refractivity contribution in [2.24, 2.45) is 0 Å². The molecular formula is C17H19N3O2. The van der Waals surface area contributed by atoms with Gasteiger partial charge in [0, 0.05) is 18.8 Å². The van der Waals surface area contributed by atoms with Gasteiger partial charge in [0.25, 0.3) is 0 Å². The van der Waals surface area contributed by atoms with Gasteiger partial charge < -0.3 is 16.0 Å². The molecule has 0 heterocycles. The van der Waals surface area contributed by atoms with Gasteiger partial charge in [-0.25, -0.2) is 4.79 Å². The van der Waals surface area contributed by atoms with Crippen LogP contribution in [0.3, 0.4) is 0 Å². The lowest BCUT2D eigenvalue weighted by Gasteiger charge is -2.08. The van der Waals surface area contributed by atoms with Crippen molar-refractivity contribution in [3.8, 4) is 11.1 Å². The SMILES string of the molecule is O=CNCCCNC(=O)Nc1ccc(-c2ccccc2)cc1. The van der Waals surface area contributed by atoms with Crippen LogP contribution >= 0.6 is 0 Å². The summed E-state index contributed by atoms with van der Waals surface area (Å²) in [6.45, 7) is 1.06. The summed E-state index contributed by atoms with van der Waals surface area (Å²) in [7, 11) is 0. The lowest BCUT2D eigenvalue weighted by Crippen LogP contribution is -2.31. The molecule has 0 saturated carbocycles. The minimum Gasteiger partial charge on any atom is -0.359 e. The molecular weight excluding hydrogens is 278 g/mol. The number of benzene rings is 2. The van der Waals surface area contributed by atoms with Gasteiger partial charge in [-0.05, 0) is 29.7 Å². The van der Waals surface area contributed by atoms with Gasteiger partial charge in [-0.1, -0.05) is 42.5 Å². The monoisotopic (exact) mass is 297 g/mol. The lowest BCUT2D eigenvalue weighted by atomic mass is 10.1. The van der Waals surface area contributed by atoms with Crippen LogP contribution in [0.5, 0.6) is 0 Å². The standard InChI is InChI=1S/C17H19N3O2/c21-13-18-11-4-12-19-17(22)20-16-9-7-15(8-10-16)14-5-2-1-3-6-14/h1-3,5-10,13H,4,11-12H2,(H,18,21)(H2,19,20,22). The maximum Gasteiger partial charge on any atom is 0.319 e. The van der Waals surface area contributed by atoms with Gasteiger partial charge >= 0.3 is 6.03 Å². The molecule has 114 valence electrons. The normalized spacial score (nSPS) is 9.82. The summed E-state index contributed by atoms with van der Waals surface area (Å²) in [5.41, 5.74) is 2.98. The number of nitrogens with one attached hydrogen (secondary N) is 3. The maximum atomic E-state index is 11.7. The van der Waals surface area contributed by atoms with Crippen molar-refractivity contribution < 1.29 is 9.59 Å². The number of hydrogen-bond donors (Lipinski definition) is 3. The van der Waals surface area contributed by atoms with Crippen molar-refractivity contribution in [3.63, 3.8) is 0 Å². The number of anilines is 1. The number of rotatable bonds is 7. The van der Waals surface area contributed by atoms with Crippen LogP contribution in [0.15, 0.2) is 54.6 Å². The summed E-state index contributed by atoms with van der Waals surface area (Å²) in [5.74, 6) is 0. The van der Waals surface area contributed by atoms with E-state index in [9.17, 15) is 9.59 Å². The molecule has 2 aromatic carbocycles. The first-order valence-corrected chi connectivity index (χ1v) is 7.17. The molecule has 3 amide bonds. The Hall–Kier alpha value is -2.82. The zero-order valence-corrected chi connectivity index (χ0v) is 12.2. The predicted octanol–water partition coefficient (Wildman–Crippen LogP) is 2.61. The third kappa shape index (κ3) is 4.94. The summed E-state index contributed by atoms with van der Waals surface area (Å²) in [4.78, 5) is 21.8. The molecule has 0 aliphatic rings. The van der Waals surface area contributed by atoms with Gasteiger partial charge in [-0.3, -0.25) is 4.79 Å². The molecule has 22 heavy (non-hydrogen) atoms. The van der Waals surface area contributed by atoms with Crippen molar-refractivity contribution in [2.75, 3.05) is 18.4 Å². The molecule has 0 aromatic heterocycles. The van der Waals surface area contributed by atoms with Crippen LogP contribution < -0.4 is 16.0 Å². The van der Waals surface area contributed by atoms with Crippen LogP contribution in [0.25, 0.3) is 11.1 Å². The Labute approximate surface area is 129 Å². The van der Waals surface area contributed by atoms with E-state index in [0.29, 0.717) is 25.9 Å². The molecule has 0 fully saturated rings. The van der Waals surface area contributed by atoms with E-state index in [-0.39, 0.29) is 6.03 Å². The highest BCUT2D eigenvalue weighted by molar-refractivity contribution is 5.89. The summed E-state index contributed by atoms with van der Waals surface area (Å²) in [5, 5.41) is 8.04. The average Bonchev–Trinajstić information content (AvgIpc) is 2.56. The van der Waals surface area contributed by atoms with Crippen molar-refractivity contribution in [3.05, 3.63) is 54.6 Å². The van der Waals surface area contributed by atoms with Gasteiger partial charge in [-0.15, -0.1) is 0 Å². The van der Waals surface area contributed by atoms with Crippen LogP contribution in [-0.4, -0.2) is 25.5 Å². The Morgan fingerprint density at radius 3 is 2.27 bits per heavy atom. The summed E-state index contributed by atoms with van der Waals surface area (Å²) in [6, 6.07) is 17.5. The highest BCUT2D eigenvalue weighted by atomic mass is 16.2. The van der Waals surface area contributed by atoms with E-state index in [1.54, 1.807) is 0 Å². The molecule has 0 saturated heterocycles. The van der Waals surface area contributed by atoms with E-state index in [4.69, 9.17) is 0 Å². The lowest BCUT2D eigenvalue weighted by molar-refractivity contribution is -0.109. The molecule has 0 unspecified atom stereocenters. The van der Waals surface area contributed by atoms with Crippen molar-refractivity contribution in [1.82, 2.24) is 10.6 Å². The molecule has 0 bridgehead atoms. The van der Waals surface area contributed by atoms with Crippen LogP contribution in [-0.2, 0) is 4.79 Å². The van der Waals surface area contributed by atoms with Gasteiger partial charge in [0.2, 0.25) is 6.41 Å². The number of carbonyl (C=O) groups excluding carboxylic acids is 2. The topological polar surface area (TPSA) is 70.2 Å². The summed E-state index contributed by atoms with van der Waals surface area (Å²) >= 11 is 0. The zero-order valence-electron chi connectivity index (χ0n) is 12.2. The highest BCUT2D eigenvalue weighted by Crippen LogP contribution is 2.20. The number of urea groups is 1. The first-order chi connectivity index (χ1) is 10.8. The fourth-order valence-corrected chi connectivity index (χ4v) is 2.00. The average molecular weight is 297 g/mol. The van der Waals surface area contributed by atoms with E-state index in [0.717, 1.165) is 16.8 Å².